The first kappa shape index (κ1) is 21.5. The topological polar surface area (TPSA) is 102 Å². The number of H-pyrrole nitrogens is 1. The fraction of sp³-hybridized carbons (Fsp3) is 0.143. The third-order valence-electron chi connectivity index (χ3n) is 4.57. The van der Waals surface area contributed by atoms with Gasteiger partial charge in [-0.3, -0.25) is 19.3 Å². The number of halogens is 2. The number of carbonyl (C=O) groups excluding carboxylic acids is 1. The first-order valence-corrected chi connectivity index (χ1v) is 10.3. The number of rotatable bonds is 6. The number of methoxy groups -OCH3 is 1. The zero-order valence-corrected chi connectivity index (χ0v) is 17.8. The van der Waals surface area contributed by atoms with Crippen LogP contribution in [0.25, 0.3) is 16.7 Å². The standard InChI is InChI=1S/C21H17F2N5O3S/c1-11-3-6-17(31-2)16(7-11)25-18(29)10-32-21-26-19-13(9-24-27-19)20(30)28(21)12-4-5-14(22)15(23)8-12/h3-9H,10H2,1-2H3,(H,24,27)(H,25,29). The Morgan fingerprint density at radius 2 is 2.03 bits per heavy atom. The first-order valence-electron chi connectivity index (χ1n) is 9.36. The molecule has 0 spiro atoms. The van der Waals surface area contributed by atoms with E-state index in [1.165, 1.54) is 19.4 Å². The minimum absolute atomic E-state index is 0.0766. The Hall–Kier alpha value is -3.73. The Bertz CT molecular complexity index is 1390. The van der Waals surface area contributed by atoms with E-state index in [0.717, 1.165) is 34.0 Å². The third kappa shape index (κ3) is 4.19. The summed E-state index contributed by atoms with van der Waals surface area (Å²) in [6, 6.07) is 8.44. The molecule has 0 saturated heterocycles. The maximum absolute atomic E-state index is 13.8. The predicted octanol–water partition coefficient (Wildman–Crippen LogP) is 3.43. The van der Waals surface area contributed by atoms with Gasteiger partial charge in [-0.15, -0.1) is 0 Å². The van der Waals surface area contributed by atoms with Crippen molar-refractivity contribution >= 4 is 34.4 Å². The summed E-state index contributed by atoms with van der Waals surface area (Å²) in [4.78, 5) is 29.9. The minimum Gasteiger partial charge on any atom is -0.495 e. The van der Waals surface area contributed by atoms with Gasteiger partial charge in [-0.1, -0.05) is 17.8 Å². The van der Waals surface area contributed by atoms with Crippen LogP contribution in [0, 0.1) is 18.6 Å². The minimum atomic E-state index is -1.11. The second-order valence-electron chi connectivity index (χ2n) is 6.81. The smallest absolute Gasteiger partial charge is 0.269 e. The molecule has 0 unspecified atom stereocenters. The normalized spacial score (nSPS) is 11.0. The molecule has 0 aliphatic rings. The van der Waals surface area contributed by atoms with Gasteiger partial charge in [-0.05, 0) is 36.8 Å². The van der Waals surface area contributed by atoms with E-state index in [0.29, 0.717) is 11.4 Å². The SMILES string of the molecule is COc1ccc(C)cc1NC(=O)CSc1nc2[nH]ncc2c(=O)n1-c1ccc(F)c(F)c1. The second-order valence-corrected chi connectivity index (χ2v) is 7.75. The molecule has 0 aliphatic carbocycles. The Morgan fingerprint density at radius 1 is 1.22 bits per heavy atom. The lowest BCUT2D eigenvalue weighted by Gasteiger charge is -2.13. The molecular weight excluding hydrogens is 440 g/mol. The zero-order valence-electron chi connectivity index (χ0n) is 17.0. The van der Waals surface area contributed by atoms with Gasteiger partial charge in [0, 0.05) is 6.07 Å². The molecule has 2 aromatic carbocycles. The van der Waals surface area contributed by atoms with E-state index in [4.69, 9.17) is 4.74 Å². The number of nitrogens with one attached hydrogen (secondary N) is 2. The van der Waals surface area contributed by atoms with E-state index in [1.807, 2.05) is 13.0 Å². The van der Waals surface area contributed by atoms with Crippen molar-refractivity contribution in [2.24, 2.45) is 0 Å². The molecule has 164 valence electrons. The van der Waals surface area contributed by atoms with Crippen molar-refractivity contribution < 1.29 is 18.3 Å². The number of hydrogen-bond donors (Lipinski definition) is 2. The molecule has 0 atom stereocenters. The summed E-state index contributed by atoms with van der Waals surface area (Å²) >= 11 is 0.964. The average Bonchev–Trinajstić information content (AvgIpc) is 3.24. The van der Waals surface area contributed by atoms with E-state index in [-0.39, 0.29) is 33.5 Å². The summed E-state index contributed by atoms with van der Waals surface area (Å²) in [5.41, 5.74) is 1.21. The highest BCUT2D eigenvalue weighted by molar-refractivity contribution is 7.99. The maximum atomic E-state index is 13.8. The van der Waals surface area contributed by atoms with Crippen LogP contribution in [0.4, 0.5) is 14.5 Å². The van der Waals surface area contributed by atoms with Crippen molar-refractivity contribution in [1.82, 2.24) is 19.7 Å². The number of amides is 1. The molecule has 4 aromatic rings. The van der Waals surface area contributed by atoms with Crippen LogP contribution in [0.2, 0.25) is 0 Å². The number of anilines is 1. The fourth-order valence-electron chi connectivity index (χ4n) is 3.06. The number of aryl methyl sites for hydroxylation is 1. The van der Waals surface area contributed by atoms with Crippen LogP contribution in [0.3, 0.4) is 0 Å². The maximum Gasteiger partial charge on any atom is 0.269 e. The summed E-state index contributed by atoms with van der Waals surface area (Å²) in [5, 5.41) is 9.48. The molecule has 32 heavy (non-hydrogen) atoms. The lowest BCUT2D eigenvalue weighted by molar-refractivity contribution is -0.113. The van der Waals surface area contributed by atoms with Crippen molar-refractivity contribution in [3.8, 4) is 11.4 Å². The van der Waals surface area contributed by atoms with Gasteiger partial charge in [0.2, 0.25) is 5.91 Å². The molecule has 0 aliphatic heterocycles. The van der Waals surface area contributed by atoms with Gasteiger partial charge in [0.25, 0.3) is 5.56 Å². The quantitative estimate of drug-likeness (QED) is 0.340. The molecule has 11 heteroatoms. The number of aromatic amines is 1. The number of aromatic nitrogens is 4. The van der Waals surface area contributed by atoms with Gasteiger partial charge in [-0.2, -0.15) is 5.10 Å². The summed E-state index contributed by atoms with van der Waals surface area (Å²) in [6.45, 7) is 1.88. The Balaban J connectivity index is 1.65. The largest absolute Gasteiger partial charge is 0.495 e. The van der Waals surface area contributed by atoms with Crippen LogP contribution in [-0.2, 0) is 4.79 Å². The van der Waals surface area contributed by atoms with Gasteiger partial charge >= 0.3 is 0 Å². The molecule has 2 heterocycles. The van der Waals surface area contributed by atoms with Crippen molar-refractivity contribution in [3.05, 3.63) is 70.1 Å². The Kier molecular flexibility index (Phi) is 5.91. The van der Waals surface area contributed by atoms with E-state index in [9.17, 15) is 18.4 Å². The van der Waals surface area contributed by atoms with E-state index in [1.54, 1.807) is 12.1 Å². The van der Waals surface area contributed by atoms with E-state index >= 15 is 0 Å². The number of benzene rings is 2. The van der Waals surface area contributed by atoms with Gasteiger partial charge in [-0.25, -0.2) is 13.8 Å². The molecule has 8 nitrogen and oxygen atoms in total. The first-order chi connectivity index (χ1) is 15.4. The molecule has 4 rings (SSSR count). The Labute approximate surface area is 184 Å². The highest BCUT2D eigenvalue weighted by Crippen LogP contribution is 2.26. The van der Waals surface area contributed by atoms with Crippen molar-refractivity contribution in [2.45, 2.75) is 12.1 Å². The lowest BCUT2D eigenvalue weighted by Crippen LogP contribution is -2.23. The molecule has 0 saturated carbocycles. The summed E-state index contributed by atoms with van der Waals surface area (Å²) in [7, 11) is 1.50. The Morgan fingerprint density at radius 3 is 2.78 bits per heavy atom. The molecular formula is C21H17F2N5O3S. The summed E-state index contributed by atoms with van der Waals surface area (Å²) in [5.74, 6) is -2.12. The van der Waals surface area contributed by atoms with Gasteiger partial charge in [0.05, 0.1) is 30.4 Å². The summed E-state index contributed by atoms with van der Waals surface area (Å²) in [6.07, 6.45) is 1.30. The van der Waals surface area contributed by atoms with Gasteiger partial charge in [0.1, 0.15) is 11.1 Å². The van der Waals surface area contributed by atoms with Crippen LogP contribution >= 0.6 is 11.8 Å². The number of hydrogen-bond acceptors (Lipinski definition) is 6. The predicted molar refractivity (Wildman–Crippen MR) is 116 cm³/mol. The van der Waals surface area contributed by atoms with Gasteiger partial charge < -0.3 is 10.1 Å². The fourth-order valence-corrected chi connectivity index (χ4v) is 3.86. The molecule has 2 aromatic heterocycles. The average molecular weight is 457 g/mol. The summed E-state index contributed by atoms with van der Waals surface area (Å²) < 4.78 is 33.6. The van der Waals surface area contributed by atoms with Crippen LogP contribution in [0.5, 0.6) is 5.75 Å². The van der Waals surface area contributed by atoms with E-state index in [2.05, 4.69) is 20.5 Å². The molecule has 2 N–H and O–H groups in total. The zero-order chi connectivity index (χ0) is 22.8. The molecule has 0 fully saturated rings. The second kappa shape index (κ2) is 8.79. The lowest BCUT2D eigenvalue weighted by atomic mass is 10.2. The van der Waals surface area contributed by atoms with Crippen LogP contribution < -0.4 is 15.6 Å². The molecule has 0 radical (unpaired) electrons. The number of nitrogens with zero attached hydrogens (tertiary/aromatic N) is 3. The highest BCUT2D eigenvalue weighted by atomic mass is 32.2. The highest BCUT2D eigenvalue weighted by Gasteiger charge is 2.18. The number of carbonyl (C=O) groups is 1. The molecule has 1 amide bonds. The van der Waals surface area contributed by atoms with Crippen molar-refractivity contribution in [2.75, 3.05) is 18.2 Å². The van der Waals surface area contributed by atoms with Crippen molar-refractivity contribution in [1.29, 1.82) is 0 Å². The number of fused-ring (bicyclic) bond motifs is 1. The monoisotopic (exact) mass is 457 g/mol. The van der Waals surface area contributed by atoms with Crippen LogP contribution in [-0.4, -0.2) is 38.5 Å². The van der Waals surface area contributed by atoms with Crippen LogP contribution in [0.15, 0.2) is 52.5 Å². The van der Waals surface area contributed by atoms with E-state index < -0.39 is 17.2 Å². The molecule has 0 bridgehead atoms. The third-order valence-corrected chi connectivity index (χ3v) is 5.51. The van der Waals surface area contributed by atoms with Crippen molar-refractivity contribution in [3.63, 3.8) is 0 Å². The van der Waals surface area contributed by atoms with Gasteiger partial charge in [0.15, 0.2) is 22.4 Å². The number of ether oxygens (including phenoxy) is 1. The number of thioether (sulfide) groups is 1. The van der Waals surface area contributed by atoms with Crippen LogP contribution in [0.1, 0.15) is 5.56 Å².